The molecule has 2 aromatic rings. The Kier molecular flexibility index (Phi) is 630. The van der Waals surface area contributed by atoms with Gasteiger partial charge in [0.2, 0.25) is 5.91 Å². The number of aliphatic hydroxyl groups is 1. The molecule has 0 aliphatic carbocycles. The Bertz CT molecular complexity index is 1200. The van der Waals surface area contributed by atoms with Crippen LogP contribution in [0, 0.1) is 23.7 Å². The fourth-order valence-electron chi connectivity index (χ4n) is 3.30. The van der Waals surface area contributed by atoms with Crippen molar-refractivity contribution < 1.29 is 67.4 Å². The van der Waals surface area contributed by atoms with E-state index in [2.05, 4.69) is 220 Å². The standard InChI is InChI=1S/2C8H10.C7H13NO.C6H14O.4C5H12.C5H10.C3H8O.2C2H6.6CH5N.11CH2O.5H3N/c2*1-2-8-6-4-3-5-7-8;1-7(9)8-5-3-2-4-6-8;1-5-7-6(2,3)4;4*1-4-5(2)3;1-3-5-4-2;1-3(2)4;19*1-2;;;;;/h2*3-7H,2H2,1H3;2-6H2,1H3;5H2,1-4H3;4*5H,4H2,1-3H3;3,5H,4H2,1-2H3;3-4H,1-2H3;2*1-2H3;6*2H2,1H3;11*1H2;5*1H3/b;;;;;;;;5-3-;;;;;;;;;;;;;;;;;;;;;;;;;. The summed E-state index contributed by atoms with van der Waals surface area (Å²) in [7, 11) is 9.00. The summed E-state index contributed by atoms with van der Waals surface area (Å²) in [6.07, 6.45) is 16.4. The smallest absolute Gasteiger partial charge is 0.219 e. The van der Waals surface area contributed by atoms with E-state index in [9.17, 15) is 4.79 Å². The first-order valence-corrected chi connectivity index (χ1v) is 33.4. The van der Waals surface area contributed by atoms with Crippen LogP contribution in [0.2, 0.25) is 0 Å². The van der Waals surface area contributed by atoms with E-state index in [0.717, 1.165) is 62.6 Å². The molecule has 26 nitrogen and oxygen atoms in total. The minimum absolute atomic E-state index is 0. The van der Waals surface area contributed by atoms with Gasteiger partial charge in [0.15, 0.2) is 0 Å². The minimum atomic E-state index is -0.167. The maximum atomic E-state index is 10.7. The molecule has 0 spiro atoms. The molecule has 3 rings (SSSR count). The number of benzene rings is 2. The molecule has 1 fully saturated rings. The summed E-state index contributed by atoms with van der Waals surface area (Å²) in [5.41, 5.74) is 29.9. The van der Waals surface area contributed by atoms with Crippen molar-refractivity contribution in [3.05, 3.63) is 83.9 Å². The van der Waals surface area contributed by atoms with Crippen molar-refractivity contribution in [3.8, 4) is 0 Å². The molecule has 1 aliphatic rings. The van der Waals surface area contributed by atoms with Crippen LogP contribution in [0.25, 0.3) is 0 Å². The molecule has 104 heavy (non-hydrogen) atoms. The summed E-state index contributed by atoms with van der Waals surface area (Å²) in [6, 6.07) is 20.9. The molecule has 2 aromatic carbocycles. The van der Waals surface area contributed by atoms with Gasteiger partial charge in [-0.3, -0.25) is 4.79 Å². The van der Waals surface area contributed by atoms with E-state index in [1.54, 1.807) is 20.8 Å². The highest BCUT2D eigenvalue weighted by Gasteiger charge is 2.11. The Hall–Kier alpha value is -6.50. The molecular formula is C78H192N12O14. The summed E-state index contributed by atoms with van der Waals surface area (Å²) >= 11 is 0. The van der Waals surface area contributed by atoms with Crippen LogP contribution in [0.3, 0.4) is 0 Å². The number of nitrogens with two attached hydrogens (primary N) is 6. The van der Waals surface area contributed by atoms with Gasteiger partial charge in [-0.05, 0) is 164 Å². The molecule has 1 heterocycles. The number of hydrogen-bond donors (Lipinski definition) is 12. The summed E-state index contributed by atoms with van der Waals surface area (Å²) in [6.45, 7) is 81.1. The molecule has 0 saturated carbocycles. The molecule has 0 bridgehead atoms. The van der Waals surface area contributed by atoms with Crippen molar-refractivity contribution in [2.24, 2.45) is 58.1 Å². The number of amides is 1. The summed E-state index contributed by atoms with van der Waals surface area (Å²) in [5, 5.41) is 8.06. The summed E-state index contributed by atoms with van der Waals surface area (Å²) in [4.78, 5) is 101. The van der Waals surface area contributed by atoms with Gasteiger partial charge in [-0.25, -0.2) is 0 Å². The number of aliphatic hydroxyl groups excluding tert-OH is 1. The summed E-state index contributed by atoms with van der Waals surface area (Å²) in [5.74, 6) is 3.77. The molecule has 0 radical (unpaired) electrons. The number of rotatable bonds is 8. The zero-order chi connectivity index (χ0) is 87.1. The van der Waals surface area contributed by atoms with Crippen LogP contribution in [0.4, 0.5) is 0 Å². The second-order valence-corrected chi connectivity index (χ2v) is 18.1. The lowest BCUT2D eigenvalue weighted by Gasteiger charge is -2.24. The number of piperidine rings is 1. The fourth-order valence-corrected chi connectivity index (χ4v) is 3.30. The average Bonchev–Trinajstić information content (AvgIpc) is 1.07. The first-order chi connectivity index (χ1) is 47.5. The van der Waals surface area contributed by atoms with Gasteiger partial charge < -0.3 is 133 Å². The van der Waals surface area contributed by atoms with Crippen molar-refractivity contribution in [2.75, 3.05) is 62.0 Å². The maximum Gasteiger partial charge on any atom is 0.219 e. The molecule has 0 atom stereocenters. The number of carbonyl (C=O) groups excluding carboxylic acids is 12. The number of likely N-dealkylation sites (tertiary alicyclic amines) is 1. The number of ether oxygens (including phenoxy) is 1. The lowest BCUT2D eigenvalue weighted by molar-refractivity contribution is -0.129. The Morgan fingerprint density at radius 3 is 0.635 bits per heavy atom. The second-order valence-electron chi connectivity index (χ2n) is 18.1. The first kappa shape index (κ1) is 205. The minimum Gasteiger partial charge on any atom is -0.394 e. The molecular weight excluding hydrogens is 1330 g/mol. The van der Waals surface area contributed by atoms with Crippen molar-refractivity contribution in [1.82, 2.24) is 35.7 Å². The fraction of sp³-hybridized carbons (Fsp3) is 0.667. The van der Waals surface area contributed by atoms with Gasteiger partial charge in [-0.1, -0.05) is 230 Å². The molecule has 0 unspecified atom stereocenters. The van der Waals surface area contributed by atoms with Crippen LogP contribution in [0.15, 0.2) is 72.8 Å². The quantitative estimate of drug-likeness (QED) is 0.109. The average molecular weight is 1520 g/mol. The van der Waals surface area contributed by atoms with Crippen LogP contribution < -0.4 is 65.2 Å². The topological polar surface area (TPSA) is 569 Å². The largest absolute Gasteiger partial charge is 0.394 e. The van der Waals surface area contributed by atoms with Gasteiger partial charge in [-0.2, -0.15) is 0 Å². The van der Waals surface area contributed by atoms with Gasteiger partial charge in [0.05, 0.1) is 5.60 Å². The number of allylic oxidation sites excluding steroid dienone is 2. The van der Waals surface area contributed by atoms with Gasteiger partial charge in [0.25, 0.3) is 0 Å². The highest BCUT2D eigenvalue weighted by molar-refractivity contribution is 5.73. The predicted octanol–water partition coefficient (Wildman–Crippen LogP) is 16.2. The predicted molar refractivity (Wildman–Crippen MR) is 469 cm³/mol. The Morgan fingerprint density at radius 1 is 0.413 bits per heavy atom. The van der Waals surface area contributed by atoms with Crippen LogP contribution in [0.5, 0.6) is 0 Å². The van der Waals surface area contributed by atoms with Crippen molar-refractivity contribution in [3.63, 3.8) is 0 Å². The second kappa shape index (κ2) is 319. The van der Waals surface area contributed by atoms with Crippen LogP contribution in [0.1, 0.15) is 249 Å². The normalized spacial score (nSPS) is 7.49. The van der Waals surface area contributed by atoms with E-state index in [-0.39, 0.29) is 48.4 Å². The van der Waals surface area contributed by atoms with Crippen molar-refractivity contribution in [1.29, 1.82) is 0 Å². The van der Waals surface area contributed by atoms with Crippen LogP contribution in [-0.2, 0) is 75.1 Å². The SMILES string of the molecule is C/C=C\CC.C=O.C=O.C=O.C=O.C=O.C=O.C=O.C=O.C=O.C=O.C=O.CC.CC.CC(=O)N1CCCCC1.CC(C)O.CCC(C)C.CCC(C)C.CCC(C)C.CCC(C)C.CCOC(C)(C)C.CCc1ccccc1.CCc1ccccc1.CN.CN.CN.CN.CN.CN.N.N.N.N.N. The van der Waals surface area contributed by atoms with Gasteiger partial charge in [-0.15, -0.1) is 0 Å². The van der Waals surface area contributed by atoms with Gasteiger partial charge >= 0.3 is 0 Å². The lowest BCUT2D eigenvalue weighted by atomic mass is 10.1. The van der Waals surface area contributed by atoms with E-state index in [1.165, 1.54) is 98.4 Å². The zero-order valence-electron chi connectivity index (χ0n) is 75.0. The number of nitrogens with zero attached hydrogens (tertiary/aromatic N) is 1. The van der Waals surface area contributed by atoms with Crippen LogP contribution >= 0.6 is 0 Å². The maximum absolute atomic E-state index is 10.7. The molecule has 1 saturated heterocycles. The zero-order valence-corrected chi connectivity index (χ0v) is 75.0. The van der Waals surface area contributed by atoms with E-state index < -0.39 is 0 Å². The summed E-state index contributed by atoms with van der Waals surface area (Å²) < 4.78 is 5.23. The van der Waals surface area contributed by atoms with Gasteiger partial charge in [0, 0.05) is 32.7 Å². The van der Waals surface area contributed by atoms with E-state index in [4.69, 9.17) is 62.6 Å². The molecule has 28 N–H and O–H groups in total. The van der Waals surface area contributed by atoms with E-state index in [0.29, 0.717) is 0 Å². The Morgan fingerprint density at radius 2 is 0.577 bits per heavy atom. The molecule has 0 aromatic heterocycles. The number of hydrogen-bond acceptors (Lipinski definition) is 25. The first-order valence-electron chi connectivity index (χ1n) is 33.4. The highest BCUT2D eigenvalue weighted by atomic mass is 16.5. The highest BCUT2D eigenvalue weighted by Crippen LogP contribution is 2.08. The van der Waals surface area contributed by atoms with Gasteiger partial charge in [0.1, 0.15) is 74.7 Å². The molecule has 648 valence electrons. The number of aryl methyl sites for hydroxylation is 2. The molecule has 1 aliphatic heterocycles. The third-order valence-corrected chi connectivity index (χ3v) is 8.62. The van der Waals surface area contributed by atoms with E-state index >= 15 is 0 Å². The lowest BCUT2D eigenvalue weighted by Crippen LogP contribution is -2.33. The Labute approximate surface area is 647 Å². The third-order valence-electron chi connectivity index (χ3n) is 8.62. The van der Waals surface area contributed by atoms with Crippen molar-refractivity contribution in [2.45, 2.75) is 263 Å². The van der Waals surface area contributed by atoms with Crippen LogP contribution in [-0.4, -0.2) is 164 Å². The molecule has 26 heteroatoms. The van der Waals surface area contributed by atoms with Crippen molar-refractivity contribution >= 4 is 80.6 Å². The monoisotopic (exact) mass is 1520 g/mol. The third kappa shape index (κ3) is 547. The van der Waals surface area contributed by atoms with E-state index in [1.807, 2.05) is 133 Å². The number of carbonyl (C=O) groups is 12. The Balaban J connectivity index is -0.0000000187. The molecule has 1 amide bonds.